The first-order valence-electron chi connectivity index (χ1n) is 17.9. The highest BCUT2D eigenvalue weighted by Gasteiger charge is 2.47. The zero-order valence-corrected chi connectivity index (χ0v) is 28.9. The molecule has 4 unspecified atom stereocenters. The molecule has 8 heterocycles. The van der Waals surface area contributed by atoms with Crippen LogP contribution in [0.1, 0.15) is 49.0 Å². The standard InChI is InChI=1S/C41H46N4O5/c1-5-25-23-44-17-13-27(25)19-37(44)39(31-11-15-42-35-9-7-29(47-3)21-33(31)35)49-41(46)50-40(38-20-28-14-18-45(38)24-26(28)6-2)32-12-16-43-36-10-8-30(48-4)22-34(32)36/h5-12,15-16,21-22,25-28,37-40H,1-2,13-14,17-20,23-24H2,3-4H3/t25-,26-,27?,28?,37-,38-,39+,40+/m0/s1. The number of nitrogens with zero attached hydrogens (tertiary/aromatic N) is 4. The molecule has 4 bridgehead atoms. The second kappa shape index (κ2) is 13.7. The van der Waals surface area contributed by atoms with Crippen molar-refractivity contribution in [1.82, 2.24) is 19.8 Å². The molecule has 260 valence electrons. The van der Waals surface area contributed by atoms with Crippen LogP contribution in [0.3, 0.4) is 0 Å². The summed E-state index contributed by atoms with van der Waals surface area (Å²) in [5.74, 6) is 3.29. The van der Waals surface area contributed by atoms with Crippen LogP contribution in [0.4, 0.5) is 4.79 Å². The van der Waals surface area contributed by atoms with Crippen molar-refractivity contribution in [3.05, 3.63) is 97.4 Å². The first-order valence-corrected chi connectivity index (χ1v) is 17.9. The number of benzene rings is 2. The van der Waals surface area contributed by atoms with Gasteiger partial charge in [-0.1, -0.05) is 12.2 Å². The third kappa shape index (κ3) is 5.90. The maximum absolute atomic E-state index is 14.5. The molecule has 0 radical (unpaired) electrons. The number of piperidine rings is 6. The molecule has 2 aromatic carbocycles. The fourth-order valence-electron chi connectivity index (χ4n) is 9.36. The highest BCUT2D eigenvalue weighted by molar-refractivity contribution is 5.85. The Balaban J connectivity index is 1.18. The van der Waals surface area contributed by atoms with E-state index in [2.05, 4.69) is 45.1 Å². The van der Waals surface area contributed by atoms with E-state index in [1.165, 1.54) is 0 Å². The minimum Gasteiger partial charge on any atom is -0.497 e. The van der Waals surface area contributed by atoms with Crippen molar-refractivity contribution in [2.75, 3.05) is 40.4 Å². The summed E-state index contributed by atoms with van der Waals surface area (Å²) in [5.41, 5.74) is 3.46. The van der Waals surface area contributed by atoms with Crippen LogP contribution in [-0.2, 0) is 9.47 Å². The molecule has 10 rings (SSSR count). The Bertz CT molecular complexity index is 1780. The number of aromatic nitrogens is 2. The fraction of sp³-hybridized carbons (Fsp3) is 0.439. The molecule has 0 spiro atoms. The van der Waals surface area contributed by atoms with E-state index in [-0.39, 0.29) is 12.1 Å². The van der Waals surface area contributed by atoms with Gasteiger partial charge in [0.15, 0.2) is 0 Å². The summed E-state index contributed by atoms with van der Waals surface area (Å²) in [6, 6.07) is 15.6. The third-order valence-corrected chi connectivity index (χ3v) is 12.0. The fourth-order valence-corrected chi connectivity index (χ4v) is 9.36. The van der Waals surface area contributed by atoms with E-state index in [0.29, 0.717) is 23.7 Å². The summed E-state index contributed by atoms with van der Waals surface area (Å²) in [7, 11) is 3.32. The number of hydrogen-bond acceptors (Lipinski definition) is 9. The maximum Gasteiger partial charge on any atom is 0.509 e. The van der Waals surface area contributed by atoms with E-state index >= 15 is 0 Å². The van der Waals surface area contributed by atoms with E-state index in [0.717, 1.165) is 96.3 Å². The van der Waals surface area contributed by atoms with Crippen LogP contribution in [0.2, 0.25) is 0 Å². The number of fused-ring (bicyclic) bond motifs is 8. The van der Waals surface area contributed by atoms with Crippen LogP contribution >= 0.6 is 0 Å². The van der Waals surface area contributed by atoms with Crippen LogP contribution in [-0.4, -0.2) is 78.4 Å². The molecular formula is C41H46N4O5. The molecule has 6 saturated heterocycles. The lowest BCUT2D eigenvalue weighted by Gasteiger charge is -2.51. The molecule has 0 aliphatic carbocycles. The van der Waals surface area contributed by atoms with Gasteiger partial charge in [0.1, 0.15) is 23.7 Å². The van der Waals surface area contributed by atoms with Crippen molar-refractivity contribution in [3.8, 4) is 11.5 Å². The smallest absolute Gasteiger partial charge is 0.497 e. The van der Waals surface area contributed by atoms with Gasteiger partial charge in [-0.2, -0.15) is 0 Å². The lowest BCUT2D eigenvalue weighted by atomic mass is 9.73. The van der Waals surface area contributed by atoms with E-state index < -0.39 is 18.4 Å². The maximum atomic E-state index is 14.5. The Morgan fingerprint density at radius 1 is 0.740 bits per heavy atom. The number of rotatable bonds is 10. The Morgan fingerprint density at radius 2 is 1.20 bits per heavy atom. The van der Waals surface area contributed by atoms with Gasteiger partial charge in [-0.05, 0) is 111 Å². The zero-order chi connectivity index (χ0) is 34.4. The molecule has 0 N–H and O–H groups in total. The summed E-state index contributed by atoms with van der Waals surface area (Å²) in [5, 5.41) is 1.81. The van der Waals surface area contributed by atoms with Gasteiger partial charge in [0.05, 0.1) is 37.3 Å². The first-order chi connectivity index (χ1) is 24.5. The number of pyridine rings is 2. The normalized spacial score (nSPS) is 29.6. The molecule has 6 fully saturated rings. The Morgan fingerprint density at radius 3 is 1.58 bits per heavy atom. The van der Waals surface area contributed by atoms with Crippen molar-refractivity contribution in [1.29, 1.82) is 0 Å². The summed E-state index contributed by atoms with van der Waals surface area (Å²) in [6.45, 7) is 12.0. The molecule has 6 aliphatic heterocycles. The van der Waals surface area contributed by atoms with Gasteiger partial charge in [0, 0.05) is 47.4 Å². The number of carbonyl (C=O) groups is 1. The van der Waals surface area contributed by atoms with Crippen molar-refractivity contribution in [3.63, 3.8) is 0 Å². The minimum atomic E-state index is -0.674. The topological polar surface area (TPSA) is 86.2 Å². The van der Waals surface area contributed by atoms with Gasteiger partial charge in [0.25, 0.3) is 0 Å². The molecule has 0 amide bonds. The van der Waals surface area contributed by atoms with Gasteiger partial charge in [-0.15, -0.1) is 13.2 Å². The molecule has 50 heavy (non-hydrogen) atoms. The predicted octanol–water partition coefficient (Wildman–Crippen LogP) is 7.53. The van der Waals surface area contributed by atoms with E-state index in [4.69, 9.17) is 18.9 Å². The predicted molar refractivity (Wildman–Crippen MR) is 193 cm³/mol. The molecule has 4 aromatic rings. The Hall–Kier alpha value is -4.47. The minimum absolute atomic E-state index is 0.0124. The molecule has 9 heteroatoms. The molecule has 6 aliphatic rings. The van der Waals surface area contributed by atoms with E-state index in [1.54, 1.807) is 26.6 Å². The number of carbonyl (C=O) groups excluding carboxylic acids is 1. The zero-order valence-electron chi connectivity index (χ0n) is 28.9. The lowest BCUT2D eigenvalue weighted by molar-refractivity contribution is -0.0939. The van der Waals surface area contributed by atoms with Crippen molar-refractivity contribution >= 4 is 28.0 Å². The second-order valence-corrected chi connectivity index (χ2v) is 14.4. The van der Waals surface area contributed by atoms with Crippen LogP contribution in [0.15, 0.2) is 86.2 Å². The van der Waals surface area contributed by atoms with E-state index in [1.807, 2.05) is 48.5 Å². The van der Waals surface area contributed by atoms with Crippen molar-refractivity contribution < 1.29 is 23.7 Å². The SMILES string of the molecule is C=C[C@H]1CN2CCC1C[C@H]2[C@H](OC(=O)O[C@H](c1ccnc2ccc(OC)cc12)[C@@H]1CC2CCN1C[C@@H]2C=C)c1ccnc2ccc(OC)cc12. The van der Waals surface area contributed by atoms with Crippen LogP contribution in [0.5, 0.6) is 11.5 Å². The summed E-state index contributed by atoms with van der Waals surface area (Å²) < 4.78 is 24.5. The average Bonchev–Trinajstić information content (AvgIpc) is 3.18. The summed E-state index contributed by atoms with van der Waals surface area (Å²) >= 11 is 0. The Labute approximate surface area is 293 Å². The highest BCUT2D eigenvalue weighted by Crippen LogP contribution is 2.46. The van der Waals surface area contributed by atoms with E-state index in [9.17, 15) is 4.79 Å². The monoisotopic (exact) mass is 674 g/mol. The summed E-state index contributed by atoms with van der Waals surface area (Å²) in [6.07, 6.45) is 10.00. The molecule has 0 saturated carbocycles. The lowest BCUT2D eigenvalue weighted by Crippen LogP contribution is -2.56. The first kappa shape index (κ1) is 32.7. The summed E-state index contributed by atoms with van der Waals surface area (Å²) in [4.78, 5) is 28.7. The van der Waals surface area contributed by atoms with Gasteiger partial charge in [-0.25, -0.2) is 4.79 Å². The highest BCUT2D eigenvalue weighted by atomic mass is 16.7. The average molecular weight is 675 g/mol. The quantitative estimate of drug-likeness (QED) is 0.125. The number of ether oxygens (including phenoxy) is 4. The largest absolute Gasteiger partial charge is 0.509 e. The number of hydrogen-bond donors (Lipinski definition) is 0. The molecule has 2 aromatic heterocycles. The van der Waals surface area contributed by atoms with Gasteiger partial charge < -0.3 is 18.9 Å². The third-order valence-electron chi connectivity index (χ3n) is 12.0. The molecule has 9 nitrogen and oxygen atoms in total. The van der Waals surface area contributed by atoms with Crippen LogP contribution in [0, 0.1) is 23.7 Å². The van der Waals surface area contributed by atoms with Gasteiger partial charge in [0.2, 0.25) is 0 Å². The molecular weight excluding hydrogens is 628 g/mol. The number of methoxy groups -OCH3 is 2. The molecule has 10 atom stereocenters. The van der Waals surface area contributed by atoms with Crippen LogP contribution < -0.4 is 9.47 Å². The van der Waals surface area contributed by atoms with Crippen LogP contribution in [0.25, 0.3) is 21.8 Å². The van der Waals surface area contributed by atoms with Gasteiger partial charge in [-0.3, -0.25) is 19.8 Å². The second-order valence-electron chi connectivity index (χ2n) is 14.4. The van der Waals surface area contributed by atoms with Crippen molar-refractivity contribution in [2.24, 2.45) is 23.7 Å². The Kier molecular flexibility index (Phi) is 8.95. The van der Waals surface area contributed by atoms with Crippen molar-refractivity contribution in [2.45, 2.75) is 50.0 Å². The van der Waals surface area contributed by atoms with Gasteiger partial charge >= 0.3 is 6.16 Å².